The average molecular weight is 457 g/mol. The van der Waals surface area contributed by atoms with Crippen LogP contribution in [0.2, 0.25) is 0 Å². The van der Waals surface area contributed by atoms with E-state index in [4.69, 9.17) is 4.98 Å². The first-order chi connectivity index (χ1) is 16.3. The van der Waals surface area contributed by atoms with Gasteiger partial charge in [-0.2, -0.15) is 0 Å². The minimum Gasteiger partial charge on any atom is -0.341 e. The van der Waals surface area contributed by atoms with Crippen LogP contribution in [0, 0.1) is 12.3 Å². The summed E-state index contributed by atoms with van der Waals surface area (Å²) in [7, 11) is 0. The van der Waals surface area contributed by atoms with E-state index in [1.54, 1.807) is 0 Å². The molecule has 1 amide bonds. The fraction of sp³-hybridized carbons (Fsp3) is 0.407. The van der Waals surface area contributed by atoms with Gasteiger partial charge >= 0.3 is 0 Å². The number of carbonyl (C=O) groups excluding carboxylic acids is 1. The van der Waals surface area contributed by atoms with Crippen molar-refractivity contribution >= 4 is 28.4 Å². The van der Waals surface area contributed by atoms with Crippen LogP contribution >= 0.6 is 0 Å². The smallest absolute Gasteiger partial charge is 0.223 e. The Morgan fingerprint density at radius 1 is 0.971 bits per heavy atom. The van der Waals surface area contributed by atoms with Gasteiger partial charge in [-0.25, -0.2) is 9.38 Å². The predicted molar refractivity (Wildman–Crippen MR) is 136 cm³/mol. The second kappa shape index (κ2) is 8.70. The summed E-state index contributed by atoms with van der Waals surface area (Å²) in [5.41, 5.74) is 3.88. The van der Waals surface area contributed by atoms with Gasteiger partial charge in [0.1, 0.15) is 0 Å². The summed E-state index contributed by atoms with van der Waals surface area (Å²) in [5, 5.41) is 10.2. The van der Waals surface area contributed by atoms with E-state index in [2.05, 4.69) is 65.4 Å². The summed E-state index contributed by atoms with van der Waals surface area (Å²) >= 11 is 0. The van der Waals surface area contributed by atoms with Gasteiger partial charge in [-0.3, -0.25) is 4.79 Å². The van der Waals surface area contributed by atoms with Gasteiger partial charge in [0.15, 0.2) is 11.5 Å². The number of carbonyl (C=O) groups is 1. The lowest BCUT2D eigenvalue weighted by atomic mass is 9.91. The molecule has 2 aromatic heterocycles. The van der Waals surface area contributed by atoms with E-state index in [0.717, 1.165) is 59.9 Å². The van der Waals surface area contributed by atoms with Gasteiger partial charge in [-0.05, 0) is 37.0 Å². The van der Waals surface area contributed by atoms with E-state index in [-0.39, 0.29) is 11.3 Å². The monoisotopic (exact) mass is 456 g/mol. The molecule has 0 N–H and O–H groups in total. The molecule has 0 bridgehead atoms. The number of fused-ring (bicyclic) bond motifs is 3. The van der Waals surface area contributed by atoms with Gasteiger partial charge in [-0.1, -0.05) is 56.7 Å². The highest BCUT2D eigenvalue weighted by Gasteiger charge is 2.26. The molecule has 0 saturated carbocycles. The third kappa shape index (κ3) is 4.34. The summed E-state index contributed by atoms with van der Waals surface area (Å²) < 4.78 is 2.09. The van der Waals surface area contributed by atoms with Crippen molar-refractivity contribution in [3.8, 4) is 11.4 Å². The van der Waals surface area contributed by atoms with Crippen molar-refractivity contribution in [2.45, 2.75) is 40.5 Å². The molecule has 4 aromatic rings. The molecule has 1 saturated heterocycles. The second-order valence-corrected chi connectivity index (χ2v) is 10.4. The molecule has 5 rings (SSSR count). The largest absolute Gasteiger partial charge is 0.341 e. The maximum atomic E-state index is 12.9. The van der Waals surface area contributed by atoms with Crippen LogP contribution in [-0.4, -0.2) is 56.6 Å². The molecule has 1 aliphatic rings. The van der Waals surface area contributed by atoms with Crippen molar-refractivity contribution in [1.29, 1.82) is 0 Å². The molecule has 34 heavy (non-hydrogen) atoms. The standard InChI is InChI=1S/C27H32N6O/c1-19-9-7-10-20(17-19)24-29-30-25-21-11-5-6-12-22(21)28-26(33(24)25)32-14-8-13-31(15-16-32)23(34)18-27(2,3)4/h5-7,9-12,17H,8,13-16,18H2,1-4H3. The topological polar surface area (TPSA) is 66.6 Å². The van der Waals surface area contributed by atoms with Crippen molar-refractivity contribution in [1.82, 2.24) is 24.5 Å². The van der Waals surface area contributed by atoms with E-state index in [9.17, 15) is 4.79 Å². The fourth-order valence-electron chi connectivity index (χ4n) is 4.68. The van der Waals surface area contributed by atoms with Gasteiger partial charge in [0, 0.05) is 43.5 Å². The van der Waals surface area contributed by atoms with E-state index >= 15 is 0 Å². The van der Waals surface area contributed by atoms with Crippen molar-refractivity contribution < 1.29 is 4.79 Å². The lowest BCUT2D eigenvalue weighted by Crippen LogP contribution is -2.37. The molecule has 2 aromatic carbocycles. The lowest BCUT2D eigenvalue weighted by Gasteiger charge is -2.26. The zero-order valence-electron chi connectivity index (χ0n) is 20.5. The minimum atomic E-state index is -0.0136. The predicted octanol–water partition coefficient (Wildman–Crippen LogP) is 4.73. The van der Waals surface area contributed by atoms with E-state index in [0.29, 0.717) is 13.0 Å². The van der Waals surface area contributed by atoms with Gasteiger partial charge in [-0.15, -0.1) is 10.2 Å². The Labute approximate surface area is 200 Å². The molecule has 176 valence electrons. The summed E-state index contributed by atoms with van der Waals surface area (Å²) in [5.74, 6) is 1.85. The van der Waals surface area contributed by atoms with Gasteiger partial charge in [0.05, 0.1) is 5.52 Å². The van der Waals surface area contributed by atoms with Gasteiger partial charge < -0.3 is 9.80 Å². The number of amides is 1. The number of nitrogens with zero attached hydrogens (tertiary/aromatic N) is 6. The molecule has 0 aliphatic carbocycles. The summed E-state index contributed by atoms with van der Waals surface area (Å²) in [4.78, 5) is 22.3. The van der Waals surface area contributed by atoms with Crippen LogP contribution in [0.1, 0.15) is 39.2 Å². The number of anilines is 1. The van der Waals surface area contributed by atoms with Crippen molar-refractivity contribution in [3.05, 3.63) is 54.1 Å². The Bertz CT molecular complexity index is 1350. The van der Waals surface area contributed by atoms with Crippen LogP contribution in [0.3, 0.4) is 0 Å². The number of aryl methyl sites for hydroxylation is 1. The number of rotatable bonds is 3. The van der Waals surface area contributed by atoms with Crippen LogP contribution in [0.5, 0.6) is 0 Å². The molecule has 7 nitrogen and oxygen atoms in total. The maximum absolute atomic E-state index is 12.9. The molecule has 7 heteroatoms. The molecular weight excluding hydrogens is 424 g/mol. The zero-order chi connectivity index (χ0) is 23.9. The van der Waals surface area contributed by atoms with Crippen molar-refractivity contribution in [3.63, 3.8) is 0 Å². The number of hydrogen-bond donors (Lipinski definition) is 0. The minimum absolute atomic E-state index is 0.0136. The summed E-state index contributed by atoms with van der Waals surface area (Å²) in [6.07, 6.45) is 1.46. The van der Waals surface area contributed by atoms with Crippen molar-refractivity contribution in [2.24, 2.45) is 5.41 Å². The highest BCUT2D eigenvalue weighted by atomic mass is 16.2. The maximum Gasteiger partial charge on any atom is 0.223 e. The summed E-state index contributed by atoms with van der Waals surface area (Å²) in [6.45, 7) is 11.4. The van der Waals surface area contributed by atoms with Crippen LogP contribution < -0.4 is 4.90 Å². The number of para-hydroxylation sites is 1. The average Bonchev–Trinajstić information content (AvgIpc) is 3.09. The Kier molecular flexibility index (Phi) is 5.71. The Hall–Kier alpha value is -3.48. The van der Waals surface area contributed by atoms with Gasteiger partial charge in [0.25, 0.3) is 0 Å². The van der Waals surface area contributed by atoms with E-state index in [1.807, 2.05) is 35.2 Å². The Morgan fingerprint density at radius 2 is 1.79 bits per heavy atom. The third-order valence-corrected chi connectivity index (χ3v) is 6.32. The fourth-order valence-corrected chi connectivity index (χ4v) is 4.68. The number of aromatic nitrogens is 4. The van der Waals surface area contributed by atoms with Crippen molar-refractivity contribution in [2.75, 3.05) is 31.1 Å². The molecule has 1 aliphatic heterocycles. The zero-order valence-corrected chi connectivity index (χ0v) is 20.5. The molecule has 3 heterocycles. The molecule has 0 spiro atoms. The third-order valence-electron chi connectivity index (χ3n) is 6.32. The molecular formula is C27H32N6O. The number of benzene rings is 2. The molecule has 1 fully saturated rings. The van der Waals surface area contributed by atoms with Crippen LogP contribution in [0.4, 0.5) is 5.95 Å². The van der Waals surface area contributed by atoms with Crippen LogP contribution in [0.25, 0.3) is 27.9 Å². The first-order valence-electron chi connectivity index (χ1n) is 12.0. The van der Waals surface area contributed by atoms with Crippen LogP contribution in [0.15, 0.2) is 48.5 Å². The SMILES string of the molecule is Cc1cccc(-c2nnc3c4ccccc4nc(N4CCCN(C(=O)CC(C)(C)C)CC4)n23)c1. The van der Waals surface area contributed by atoms with Gasteiger partial charge in [0.2, 0.25) is 11.9 Å². The quantitative estimate of drug-likeness (QED) is 0.446. The summed E-state index contributed by atoms with van der Waals surface area (Å²) in [6, 6.07) is 16.4. The second-order valence-electron chi connectivity index (χ2n) is 10.4. The highest BCUT2D eigenvalue weighted by Crippen LogP contribution is 2.29. The highest BCUT2D eigenvalue weighted by molar-refractivity contribution is 5.93. The molecule has 0 atom stereocenters. The van der Waals surface area contributed by atoms with E-state index in [1.165, 1.54) is 5.56 Å². The number of hydrogen-bond acceptors (Lipinski definition) is 5. The molecule has 0 radical (unpaired) electrons. The van der Waals surface area contributed by atoms with E-state index < -0.39 is 0 Å². The Balaban J connectivity index is 1.57. The first kappa shape index (κ1) is 22.3. The normalized spacial score (nSPS) is 15.2. The first-order valence-corrected chi connectivity index (χ1v) is 12.0. The lowest BCUT2D eigenvalue weighted by molar-refractivity contribution is -0.132. The van der Waals surface area contributed by atoms with Crippen LogP contribution in [-0.2, 0) is 4.79 Å². The Morgan fingerprint density at radius 3 is 2.59 bits per heavy atom. The molecule has 0 unspecified atom stereocenters.